The van der Waals surface area contributed by atoms with Gasteiger partial charge in [0.15, 0.2) is 0 Å². The number of nitro benzene ring substituents is 1. The highest BCUT2D eigenvalue weighted by Gasteiger charge is 2.18. The molecular weight excluding hydrogens is 278 g/mol. The molecule has 2 aromatic rings. The van der Waals surface area contributed by atoms with Gasteiger partial charge in [0.05, 0.1) is 24.7 Å². The number of nitrogens with zero attached hydrogens (tertiary/aromatic N) is 3. The van der Waals surface area contributed by atoms with E-state index >= 15 is 0 Å². The summed E-state index contributed by atoms with van der Waals surface area (Å²) in [6.07, 6.45) is 2.86. The average molecular weight is 289 g/mol. The Morgan fingerprint density at radius 1 is 1.19 bits per heavy atom. The van der Waals surface area contributed by atoms with Gasteiger partial charge in [-0.2, -0.15) is 0 Å². The lowest BCUT2D eigenvalue weighted by Gasteiger charge is -2.07. The smallest absolute Gasteiger partial charge is 0.338 e. The van der Waals surface area contributed by atoms with Crippen LogP contribution in [0.25, 0.3) is 11.3 Å². The summed E-state index contributed by atoms with van der Waals surface area (Å²) in [5.41, 5.74) is 0.443. The summed E-state index contributed by atoms with van der Waals surface area (Å²) in [5, 5.41) is 11.0. The number of methoxy groups -OCH3 is 2. The Balaban J connectivity index is 2.65. The number of carbonyl (C=O) groups is 1. The van der Waals surface area contributed by atoms with Crippen molar-refractivity contribution in [2.75, 3.05) is 14.2 Å². The number of carbonyl (C=O) groups excluding carboxylic acids is 1. The minimum absolute atomic E-state index is 0.0504. The SMILES string of the molecule is COC(=O)c1cc(-c2nccnc2OC)cc([N+](=O)[O-])c1. The number of non-ortho nitro benzene ring substituents is 1. The second-order valence-electron chi connectivity index (χ2n) is 3.93. The van der Waals surface area contributed by atoms with Crippen molar-refractivity contribution in [3.63, 3.8) is 0 Å². The number of hydrogen-bond donors (Lipinski definition) is 0. The quantitative estimate of drug-likeness (QED) is 0.480. The number of benzene rings is 1. The van der Waals surface area contributed by atoms with Crippen LogP contribution in [0, 0.1) is 10.1 Å². The summed E-state index contributed by atoms with van der Waals surface area (Å²) < 4.78 is 9.66. The molecule has 1 aromatic heterocycles. The van der Waals surface area contributed by atoms with Crippen LogP contribution in [0.4, 0.5) is 5.69 Å². The summed E-state index contributed by atoms with van der Waals surface area (Å²) in [7, 11) is 2.61. The van der Waals surface area contributed by atoms with Crippen LogP contribution in [-0.4, -0.2) is 35.1 Å². The van der Waals surface area contributed by atoms with Gasteiger partial charge in [0.2, 0.25) is 5.88 Å². The summed E-state index contributed by atoms with van der Waals surface area (Å²) >= 11 is 0. The first-order valence-corrected chi connectivity index (χ1v) is 5.80. The van der Waals surface area contributed by atoms with E-state index in [0.717, 1.165) is 6.07 Å². The Bertz CT molecular complexity index is 702. The predicted octanol–water partition coefficient (Wildman–Crippen LogP) is 1.85. The first-order valence-electron chi connectivity index (χ1n) is 5.80. The van der Waals surface area contributed by atoms with Gasteiger partial charge in [-0.15, -0.1) is 0 Å². The van der Waals surface area contributed by atoms with E-state index in [0.29, 0.717) is 11.3 Å². The molecule has 1 aromatic carbocycles. The zero-order chi connectivity index (χ0) is 15.4. The lowest BCUT2D eigenvalue weighted by Crippen LogP contribution is -2.03. The van der Waals surface area contributed by atoms with Crippen LogP contribution in [0.5, 0.6) is 5.88 Å². The Morgan fingerprint density at radius 2 is 1.90 bits per heavy atom. The number of esters is 1. The molecule has 0 saturated carbocycles. The highest BCUT2D eigenvalue weighted by Crippen LogP contribution is 2.29. The fourth-order valence-electron chi connectivity index (χ4n) is 1.76. The van der Waals surface area contributed by atoms with Crippen LogP contribution >= 0.6 is 0 Å². The molecule has 8 nitrogen and oxygen atoms in total. The van der Waals surface area contributed by atoms with Gasteiger partial charge < -0.3 is 9.47 Å². The van der Waals surface area contributed by atoms with Gasteiger partial charge in [-0.1, -0.05) is 0 Å². The molecular formula is C13H11N3O5. The summed E-state index contributed by atoms with van der Waals surface area (Å²) in [5.74, 6) is -0.475. The number of nitro groups is 1. The van der Waals surface area contributed by atoms with Crippen molar-refractivity contribution in [3.05, 3.63) is 46.3 Å². The third-order valence-electron chi connectivity index (χ3n) is 2.68. The molecule has 0 atom stereocenters. The fourth-order valence-corrected chi connectivity index (χ4v) is 1.76. The van der Waals surface area contributed by atoms with Crippen LogP contribution < -0.4 is 4.74 Å². The largest absolute Gasteiger partial charge is 0.479 e. The third-order valence-corrected chi connectivity index (χ3v) is 2.68. The van der Waals surface area contributed by atoms with E-state index < -0.39 is 10.9 Å². The van der Waals surface area contributed by atoms with Crippen LogP contribution in [0.15, 0.2) is 30.6 Å². The molecule has 0 N–H and O–H groups in total. The highest BCUT2D eigenvalue weighted by molar-refractivity contribution is 5.92. The molecule has 0 saturated heterocycles. The first-order chi connectivity index (χ1) is 10.1. The molecule has 1 heterocycles. The van der Waals surface area contributed by atoms with E-state index in [-0.39, 0.29) is 17.1 Å². The van der Waals surface area contributed by atoms with Gasteiger partial charge >= 0.3 is 5.97 Å². The minimum atomic E-state index is -0.678. The fraction of sp³-hybridized carbons (Fsp3) is 0.154. The maximum Gasteiger partial charge on any atom is 0.338 e. The molecule has 0 aliphatic heterocycles. The monoisotopic (exact) mass is 289 g/mol. The number of hydrogen-bond acceptors (Lipinski definition) is 7. The van der Waals surface area contributed by atoms with E-state index in [4.69, 9.17) is 4.74 Å². The molecule has 0 radical (unpaired) electrons. The second kappa shape index (κ2) is 5.95. The van der Waals surface area contributed by atoms with Crippen molar-refractivity contribution in [2.45, 2.75) is 0 Å². The molecule has 0 unspecified atom stereocenters. The van der Waals surface area contributed by atoms with Crippen LogP contribution in [0.1, 0.15) is 10.4 Å². The Labute approximate surface area is 119 Å². The van der Waals surface area contributed by atoms with Gasteiger partial charge in [-0.3, -0.25) is 10.1 Å². The standard InChI is InChI=1S/C13H11N3O5/c1-20-12-11(14-3-4-15-12)8-5-9(13(17)21-2)7-10(6-8)16(18)19/h3-7H,1-2H3. The predicted molar refractivity (Wildman–Crippen MR) is 72.0 cm³/mol. The van der Waals surface area contributed by atoms with Crippen LogP contribution in [0.2, 0.25) is 0 Å². The third kappa shape index (κ3) is 2.94. The zero-order valence-electron chi connectivity index (χ0n) is 11.3. The number of ether oxygens (including phenoxy) is 2. The Morgan fingerprint density at radius 3 is 2.52 bits per heavy atom. The molecule has 108 valence electrons. The number of aromatic nitrogens is 2. The molecule has 0 aliphatic carbocycles. The molecule has 0 bridgehead atoms. The van der Waals surface area contributed by atoms with Crippen molar-refractivity contribution >= 4 is 11.7 Å². The molecule has 0 aliphatic rings. The first kappa shape index (κ1) is 14.4. The number of rotatable bonds is 4. The summed E-state index contributed by atoms with van der Waals surface area (Å²) in [6, 6.07) is 3.86. The summed E-state index contributed by atoms with van der Waals surface area (Å²) in [4.78, 5) is 30.1. The average Bonchev–Trinajstić information content (AvgIpc) is 2.53. The Hall–Kier alpha value is -3.03. The van der Waals surface area contributed by atoms with Crippen LogP contribution in [0.3, 0.4) is 0 Å². The van der Waals surface area contributed by atoms with Gasteiger partial charge in [0, 0.05) is 30.1 Å². The lowest BCUT2D eigenvalue weighted by atomic mass is 10.1. The topological polar surface area (TPSA) is 104 Å². The lowest BCUT2D eigenvalue weighted by molar-refractivity contribution is -0.384. The Kier molecular flexibility index (Phi) is 4.07. The van der Waals surface area contributed by atoms with Crippen molar-refractivity contribution in [2.24, 2.45) is 0 Å². The second-order valence-corrected chi connectivity index (χ2v) is 3.93. The van der Waals surface area contributed by atoms with Gasteiger partial charge in [-0.25, -0.2) is 14.8 Å². The van der Waals surface area contributed by atoms with E-state index in [9.17, 15) is 14.9 Å². The molecule has 8 heteroatoms. The van der Waals surface area contributed by atoms with Crippen molar-refractivity contribution in [1.29, 1.82) is 0 Å². The normalized spacial score (nSPS) is 10.0. The maximum atomic E-state index is 11.6. The highest BCUT2D eigenvalue weighted by atomic mass is 16.6. The maximum absolute atomic E-state index is 11.6. The van der Waals surface area contributed by atoms with Gasteiger partial charge in [0.1, 0.15) is 5.69 Å². The van der Waals surface area contributed by atoms with Gasteiger partial charge in [0.25, 0.3) is 5.69 Å². The van der Waals surface area contributed by atoms with E-state index in [1.54, 1.807) is 0 Å². The van der Waals surface area contributed by atoms with Crippen LogP contribution in [-0.2, 0) is 4.74 Å². The van der Waals surface area contributed by atoms with E-state index in [1.165, 1.54) is 38.7 Å². The van der Waals surface area contributed by atoms with Crippen molar-refractivity contribution in [1.82, 2.24) is 9.97 Å². The molecule has 0 spiro atoms. The minimum Gasteiger partial charge on any atom is -0.479 e. The molecule has 2 rings (SSSR count). The molecule has 0 amide bonds. The van der Waals surface area contributed by atoms with Crippen molar-refractivity contribution < 1.29 is 19.2 Å². The van der Waals surface area contributed by atoms with E-state index in [2.05, 4.69) is 14.7 Å². The zero-order valence-corrected chi connectivity index (χ0v) is 11.3. The van der Waals surface area contributed by atoms with Gasteiger partial charge in [-0.05, 0) is 6.07 Å². The molecule has 21 heavy (non-hydrogen) atoms. The van der Waals surface area contributed by atoms with E-state index in [1.807, 2.05) is 0 Å². The summed E-state index contributed by atoms with van der Waals surface area (Å²) in [6.45, 7) is 0. The molecule has 0 fully saturated rings. The van der Waals surface area contributed by atoms with Crippen molar-refractivity contribution in [3.8, 4) is 17.1 Å².